The van der Waals surface area contributed by atoms with Crippen molar-refractivity contribution in [3.8, 4) is 0 Å². The normalized spacial score (nSPS) is 23.0. The second-order valence-corrected chi connectivity index (χ2v) is 6.30. The highest BCUT2D eigenvalue weighted by Gasteiger charge is 2.48. The average Bonchev–Trinajstić information content (AvgIpc) is 3.26. The summed E-state index contributed by atoms with van der Waals surface area (Å²) < 4.78 is 5.00. The Morgan fingerprint density at radius 2 is 2.12 bits per heavy atom. The Morgan fingerprint density at radius 3 is 2.83 bits per heavy atom. The standard InChI is InChI=1S/C17H18N4O3/c1-11-13(9-19-24-11)17(23)20-7-4-14-15(20)8-16(22)21(14)10-12-2-5-18-6-3-12/h2-3,5-6,9,14-15H,4,7-8,10H2,1H3/t14-,15+/m1/s1. The molecule has 124 valence electrons. The van der Waals surface area contributed by atoms with Crippen LogP contribution in [0, 0.1) is 6.92 Å². The molecule has 2 saturated heterocycles. The number of likely N-dealkylation sites (tertiary alicyclic amines) is 2. The van der Waals surface area contributed by atoms with Crippen molar-refractivity contribution in [1.29, 1.82) is 0 Å². The van der Waals surface area contributed by atoms with Gasteiger partial charge in [-0.25, -0.2) is 0 Å². The Balaban J connectivity index is 1.53. The van der Waals surface area contributed by atoms with Gasteiger partial charge in [-0.15, -0.1) is 0 Å². The third-order valence-electron chi connectivity index (χ3n) is 4.96. The number of hydrogen-bond donors (Lipinski definition) is 0. The summed E-state index contributed by atoms with van der Waals surface area (Å²) in [5.74, 6) is 0.516. The van der Waals surface area contributed by atoms with Gasteiger partial charge in [0.25, 0.3) is 5.91 Å². The van der Waals surface area contributed by atoms with E-state index < -0.39 is 0 Å². The minimum Gasteiger partial charge on any atom is -0.361 e. The largest absolute Gasteiger partial charge is 0.361 e. The topological polar surface area (TPSA) is 79.5 Å². The van der Waals surface area contributed by atoms with E-state index in [-0.39, 0.29) is 23.9 Å². The summed E-state index contributed by atoms with van der Waals surface area (Å²) >= 11 is 0. The monoisotopic (exact) mass is 326 g/mol. The summed E-state index contributed by atoms with van der Waals surface area (Å²) in [6.07, 6.45) is 6.10. The number of rotatable bonds is 3. The summed E-state index contributed by atoms with van der Waals surface area (Å²) in [5.41, 5.74) is 1.54. The summed E-state index contributed by atoms with van der Waals surface area (Å²) in [4.78, 5) is 32.9. The smallest absolute Gasteiger partial charge is 0.259 e. The Bertz CT molecular complexity index is 773. The maximum Gasteiger partial charge on any atom is 0.259 e. The van der Waals surface area contributed by atoms with E-state index in [9.17, 15) is 9.59 Å². The summed E-state index contributed by atoms with van der Waals surface area (Å²) in [6, 6.07) is 3.84. The number of amides is 2. The molecule has 0 N–H and O–H groups in total. The lowest BCUT2D eigenvalue weighted by Gasteiger charge is -2.25. The molecule has 2 aromatic heterocycles. The maximum absolute atomic E-state index is 12.7. The van der Waals surface area contributed by atoms with Gasteiger partial charge in [0, 0.05) is 31.9 Å². The van der Waals surface area contributed by atoms with Crippen molar-refractivity contribution in [2.24, 2.45) is 0 Å². The van der Waals surface area contributed by atoms with E-state index in [4.69, 9.17) is 4.52 Å². The minimum atomic E-state index is -0.0974. The first-order chi connectivity index (χ1) is 11.6. The van der Waals surface area contributed by atoms with Gasteiger partial charge in [0.1, 0.15) is 11.3 Å². The molecule has 0 radical (unpaired) electrons. The number of aryl methyl sites for hydroxylation is 1. The van der Waals surface area contributed by atoms with Gasteiger partial charge < -0.3 is 14.3 Å². The van der Waals surface area contributed by atoms with E-state index in [1.165, 1.54) is 6.20 Å². The number of carbonyl (C=O) groups excluding carboxylic acids is 2. The van der Waals surface area contributed by atoms with Crippen LogP contribution in [-0.2, 0) is 11.3 Å². The molecule has 4 heterocycles. The van der Waals surface area contributed by atoms with Crippen molar-refractivity contribution in [3.63, 3.8) is 0 Å². The highest BCUT2D eigenvalue weighted by Crippen LogP contribution is 2.34. The molecule has 0 unspecified atom stereocenters. The molecule has 0 spiro atoms. The van der Waals surface area contributed by atoms with Gasteiger partial charge in [-0.05, 0) is 31.0 Å². The lowest BCUT2D eigenvalue weighted by Crippen LogP contribution is -2.39. The molecule has 0 aromatic carbocycles. The molecule has 7 heteroatoms. The van der Waals surface area contributed by atoms with Crippen LogP contribution < -0.4 is 0 Å². The molecule has 0 bridgehead atoms. The van der Waals surface area contributed by atoms with Crippen molar-refractivity contribution in [2.45, 2.75) is 38.4 Å². The van der Waals surface area contributed by atoms with Gasteiger partial charge in [-0.1, -0.05) is 5.16 Å². The molecule has 2 amide bonds. The lowest BCUT2D eigenvalue weighted by atomic mass is 10.1. The second-order valence-electron chi connectivity index (χ2n) is 6.30. The summed E-state index contributed by atoms with van der Waals surface area (Å²) in [7, 11) is 0. The van der Waals surface area contributed by atoms with E-state index >= 15 is 0 Å². The first-order valence-electron chi connectivity index (χ1n) is 8.06. The van der Waals surface area contributed by atoms with Crippen LogP contribution in [-0.4, -0.2) is 50.4 Å². The van der Waals surface area contributed by atoms with Gasteiger partial charge in [0.05, 0.1) is 18.3 Å². The van der Waals surface area contributed by atoms with E-state index in [0.717, 1.165) is 12.0 Å². The number of carbonyl (C=O) groups is 2. The molecule has 2 atom stereocenters. The number of nitrogens with zero attached hydrogens (tertiary/aromatic N) is 4. The zero-order valence-electron chi connectivity index (χ0n) is 13.4. The highest BCUT2D eigenvalue weighted by atomic mass is 16.5. The van der Waals surface area contributed by atoms with Crippen LogP contribution in [0.5, 0.6) is 0 Å². The fourth-order valence-electron chi connectivity index (χ4n) is 3.73. The van der Waals surface area contributed by atoms with Gasteiger partial charge in [-0.2, -0.15) is 0 Å². The first kappa shape index (κ1) is 14.9. The van der Waals surface area contributed by atoms with Crippen LogP contribution in [0.15, 0.2) is 35.2 Å². The van der Waals surface area contributed by atoms with E-state index in [1.807, 2.05) is 17.0 Å². The molecule has 4 rings (SSSR count). The fraction of sp³-hybridized carbons (Fsp3) is 0.412. The van der Waals surface area contributed by atoms with E-state index in [0.29, 0.717) is 30.8 Å². The third-order valence-corrected chi connectivity index (χ3v) is 4.96. The molecule has 24 heavy (non-hydrogen) atoms. The average molecular weight is 326 g/mol. The van der Waals surface area contributed by atoms with Crippen LogP contribution in [0.2, 0.25) is 0 Å². The molecular weight excluding hydrogens is 308 g/mol. The first-order valence-corrected chi connectivity index (χ1v) is 8.06. The van der Waals surface area contributed by atoms with Crippen LogP contribution in [0.4, 0.5) is 0 Å². The quantitative estimate of drug-likeness (QED) is 0.851. The number of aromatic nitrogens is 2. The Labute approximate surface area is 139 Å². The minimum absolute atomic E-state index is 0.0684. The molecule has 7 nitrogen and oxygen atoms in total. The molecule has 2 aromatic rings. The molecule has 2 aliphatic heterocycles. The molecular formula is C17H18N4O3. The summed E-state index contributed by atoms with van der Waals surface area (Å²) in [5, 5.41) is 3.68. The van der Waals surface area contributed by atoms with Crippen molar-refractivity contribution >= 4 is 11.8 Å². The van der Waals surface area contributed by atoms with Crippen molar-refractivity contribution in [3.05, 3.63) is 47.6 Å². The SMILES string of the molecule is Cc1oncc1C(=O)N1CC[C@@H]2[C@@H]1CC(=O)N2Cc1ccncc1. The van der Waals surface area contributed by atoms with Gasteiger partial charge in [0.2, 0.25) is 5.91 Å². The molecule has 0 saturated carbocycles. The Morgan fingerprint density at radius 1 is 1.33 bits per heavy atom. The van der Waals surface area contributed by atoms with Crippen LogP contribution >= 0.6 is 0 Å². The Kier molecular flexibility index (Phi) is 3.55. The third kappa shape index (κ3) is 2.36. The van der Waals surface area contributed by atoms with Crippen LogP contribution in [0.1, 0.15) is 34.5 Å². The second kappa shape index (κ2) is 5.74. The molecule has 2 fully saturated rings. The van der Waals surface area contributed by atoms with Gasteiger partial charge in [0.15, 0.2) is 0 Å². The maximum atomic E-state index is 12.7. The van der Waals surface area contributed by atoms with Crippen molar-refractivity contribution < 1.29 is 14.1 Å². The van der Waals surface area contributed by atoms with Crippen molar-refractivity contribution in [2.75, 3.05) is 6.54 Å². The predicted molar refractivity (Wildman–Crippen MR) is 83.9 cm³/mol. The van der Waals surface area contributed by atoms with Crippen LogP contribution in [0.25, 0.3) is 0 Å². The summed E-state index contributed by atoms with van der Waals surface area (Å²) in [6.45, 7) is 2.94. The van der Waals surface area contributed by atoms with E-state index in [1.54, 1.807) is 24.2 Å². The lowest BCUT2D eigenvalue weighted by molar-refractivity contribution is -0.129. The molecule has 2 aliphatic rings. The molecule has 0 aliphatic carbocycles. The highest BCUT2D eigenvalue weighted by molar-refractivity contribution is 5.96. The fourth-order valence-corrected chi connectivity index (χ4v) is 3.73. The van der Waals surface area contributed by atoms with Gasteiger partial charge >= 0.3 is 0 Å². The Hall–Kier alpha value is -2.70. The van der Waals surface area contributed by atoms with Crippen molar-refractivity contribution in [1.82, 2.24) is 19.9 Å². The number of fused-ring (bicyclic) bond motifs is 1. The van der Waals surface area contributed by atoms with Crippen LogP contribution in [0.3, 0.4) is 0 Å². The predicted octanol–water partition coefficient (Wildman–Crippen LogP) is 1.39. The van der Waals surface area contributed by atoms with Gasteiger partial charge in [-0.3, -0.25) is 14.6 Å². The number of hydrogen-bond acceptors (Lipinski definition) is 5. The number of pyridine rings is 1. The zero-order valence-corrected chi connectivity index (χ0v) is 13.4. The van der Waals surface area contributed by atoms with E-state index in [2.05, 4.69) is 10.1 Å². The zero-order chi connectivity index (χ0) is 16.7.